The summed E-state index contributed by atoms with van der Waals surface area (Å²) in [7, 11) is -0.707. The molecule has 3 aromatic heterocycles. The largest absolute Gasteiger partial charge is 0.439 e. The second kappa shape index (κ2) is 7.96. The first-order valence-corrected chi connectivity index (χ1v) is 11.8. The molecule has 0 aliphatic carbocycles. The van der Waals surface area contributed by atoms with Crippen LogP contribution in [0.25, 0.3) is 37.6 Å². The third-order valence-electron chi connectivity index (χ3n) is 5.51. The summed E-state index contributed by atoms with van der Waals surface area (Å²) < 4.78 is 13.9. The summed E-state index contributed by atoms with van der Waals surface area (Å²) in [5, 5.41) is 5.26. The van der Waals surface area contributed by atoms with E-state index in [0.29, 0.717) is 11.6 Å². The van der Waals surface area contributed by atoms with Crippen LogP contribution in [0.1, 0.15) is 1.37 Å². The van der Waals surface area contributed by atoms with Crippen LogP contribution in [0.3, 0.4) is 0 Å². The molecular formula is C28H19N2OP. The van der Waals surface area contributed by atoms with Crippen molar-refractivity contribution in [3.8, 4) is 28.2 Å². The first kappa shape index (κ1) is 17.7. The van der Waals surface area contributed by atoms with Crippen LogP contribution in [0.2, 0.25) is 0 Å². The van der Waals surface area contributed by atoms with E-state index < -0.39 is 7.53 Å². The standard InChI is InChI=1S/C28H19N2OP/c1-2-11-25-23(10-1)24-15-14-21(19-26(24)32(25)28-13-4-6-17-30-28)20-8-7-9-22(18-20)31-27-12-3-5-16-29-27/h1-19H/i12D. The quantitative estimate of drug-likeness (QED) is 0.282. The topological polar surface area (TPSA) is 35.0 Å². The molecular weight excluding hydrogens is 411 g/mol. The van der Waals surface area contributed by atoms with Crippen LogP contribution in [-0.4, -0.2) is 9.97 Å². The predicted octanol–water partition coefficient (Wildman–Crippen LogP) is 8.22. The SMILES string of the molecule is [2H]c1cccnc1Oc1cccc(-c2ccc3c4ccccc4p(-c4ccccn4)c3c2)c1. The van der Waals surface area contributed by atoms with E-state index in [2.05, 4.69) is 65.6 Å². The number of fused-ring (bicyclic) bond motifs is 3. The van der Waals surface area contributed by atoms with Crippen molar-refractivity contribution in [2.75, 3.05) is 0 Å². The highest BCUT2D eigenvalue weighted by atomic mass is 31.1. The van der Waals surface area contributed by atoms with Gasteiger partial charge in [-0.3, -0.25) is 4.98 Å². The van der Waals surface area contributed by atoms with E-state index in [1.165, 1.54) is 21.0 Å². The molecule has 0 spiro atoms. The second-order valence-corrected chi connectivity index (χ2v) is 9.58. The maximum Gasteiger partial charge on any atom is 0.219 e. The van der Waals surface area contributed by atoms with E-state index >= 15 is 0 Å². The minimum atomic E-state index is -0.707. The zero-order valence-electron chi connectivity index (χ0n) is 18.1. The Bertz CT molecular complexity index is 1610. The van der Waals surface area contributed by atoms with E-state index in [-0.39, 0.29) is 6.04 Å². The Morgan fingerprint density at radius 2 is 1.47 bits per heavy atom. The fourth-order valence-electron chi connectivity index (χ4n) is 4.10. The van der Waals surface area contributed by atoms with Crippen molar-refractivity contribution >= 4 is 28.5 Å². The van der Waals surface area contributed by atoms with Gasteiger partial charge in [0.15, 0.2) is 0 Å². The summed E-state index contributed by atoms with van der Waals surface area (Å²) in [5.74, 6) is 0.966. The minimum Gasteiger partial charge on any atom is -0.439 e. The van der Waals surface area contributed by atoms with Gasteiger partial charge >= 0.3 is 0 Å². The maximum absolute atomic E-state index is 8.00. The summed E-state index contributed by atoms with van der Waals surface area (Å²) >= 11 is 0. The number of aromatic nitrogens is 2. The lowest BCUT2D eigenvalue weighted by atomic mass is 10.0. The highest BCUT2D eigenvalue weighted by Gasteiger charge is 2.15. The molecule has 0 bridgehead atoms. The van der Waals surface area contributed by atoms with Gasteiger partial charge in [-0.2, -0.15) is 0 Å². The average Bonchev–Trinajstić information content (AvgIpc) is 3.20. The van der Waals surface area contributed by atoms with E-state index in [1.54, 1.807) is 18.3 Å². The van der Waals surface area contributed by atoms with E-state index in [0.717, 1.165) is 16.6 Å². The van der Waals surface area contributed by atoms with Gasteiger partial charge in [0.2, 0.25) is 5.88 Å². The molecule has 0 amide bonds. The van der Waals surface area contributed by atoms with Crippen molar-refractivity contribution in [3.63, 3.8) is 0 Å². The van der Waals surface area contributed by atoms with Crippen molar-refractivity contribution in [2.45, 2.75) is 0 Å². The number of nitrogens with zero attached hydrogens (tertiary/aromatic N) is 2. The molecule has 32 heavy (non-hydrogen) atoms. The normalized spacial score (nSPS) is 12.1. The molecule has 0 aliphatic rings. The first-order valence-electron chi connectivity index (χ1n) is 10.9. The van der Waals surface area contributed by atoms with Crippen LogP contribution < -0.4 is 4.74 Å². The molecule has 3 nitrogen and oxygen atoms in total. The van der Waals surface area contributed by atoms with Gasteiger partial charge in [-0.15, -0.1) is 0 Å². The number of rotatable bonds is 4. The van der Waals surface area contributed by atoms with Crippen molar-refractivity contribution < 1.29 is 6.11 Å². The highest BCUT2D eigenvalue weighted by Crippen LogP contribution is 2.54. The summed E-state index contributed by atoms with van der Waals surface area (Å²) in [6.45, 7) is 0. The van der Waals surface area contributed by atoms with E-state index in [4.69, 9.17) is 11.1 Å². The lowest BCUT2D eigenvalue weighted by Gasteiger charge is -2.08. The highest BCUT2D eigenvalue weighted by molar-refractivity contribution is 7.67. The van der Waals surface area contributed by atoms with Gasteiger partial charge in [-0.25, -0.2) is 4.98 Å². The average molecular weight is 431 g/mol. The van der Waals surface area contributed by atoms with Crippen LogP contribution in [-0.2, 0) is 0 Å². The molecule has 6 aromatic rings. The lowest BCUT2D eigenvalue weighted by Crippen LogP contribution is -1.87. The molecule has 3 aromatic carbocycles. The van der Waals surface area contributed by atoms with Crippen LogP contribution >= 0.6 is 7.53 Å². The summed E-state index contributed by atoms with van der Waals surface area (Å²) in [6, 6.07) is 33.1. The van der Waals surface area contributed by atoms with Crippen LogP contribution in [0.4, 0.5) is 0 Å². The van der Waals surface area contributed by atoms with Gasteiger partial charge in [0.05, 0.1) is 6.81 Å². The summed E-state index contributed by atoms with van der Waals surface area (Å²) in [5.41, 5.74) is 3.30. The van der Waals surface area contributed by atoms with Gasteiger partial charge < -0.3 is 4.74 Å². The minimum absolute atomic E-state index is 0.263. The molecule has 0 saturated carbocycles. The third-order valence-corrected chi connectivity index (χ3v) is 7.96. The Morgan fingerprint density at radius 3 is 2.38 bits per heavy atom. The molecule has 0 aliphatic heterocycles. The maximum atomic E-state index is 8.00. The monoisotopic (exact) mass is 431 g/mol. The number of benzene rings is 3. The number of hydrogen-bond acceptors (Lipinski definition) is 3. The predicted molar refractivity (Wildman–Crippen MR) is 133 cm³/mol. The molecule has 6 rings (SSSR count). The summed E-state index contributed by atoms with van der Waals surface area (Å²) in [6.07, 6.45) is 3.51. The Hall–Kier alpha value is -3.94. The Labute approximate surface area is 188 Å². The molecule has 3 heterocycles. The van der Waals surface area contributed by atoms with Crippen LogP contribution in [0, 0.1) is 0 Å². The Morgan fingerprint density at radius 1 is 0.656 bits per heavy atom. The molecule has 152 valence electrons. The van der Waals surface area contributed by atoms with Gasteiger partial charge in [0, 0.05) is 28.7 Å². The molecule has 0 saturated heterocycles. The van der Waals surface area contributed by atoms with Crippen molar-refractivity contribution in [2.24, 2.45) is 0 Å². The summed E-state index contributed by atoms with van der Waals surface area (Å²) in [4.78, 5) is 8.89. The zero-order chi connectivity index (χ0) is 22.2. The lowest BCUT2D eigenvalue weighted by molar-refractivity contribution is 0.463. The fraction of sp³-hybridized carbons (Fsp3) is 0. The smallest absolute Gasteiger partial charge is 0.219 e. The first-order chi connectivity index (χ1) is 16.3. The molecule has 4 heteroatoms. The zero-order valence-corrected chi connectivity index (χ0v) is 18.0. The van der Waals surface area contributed by atoms with Crippen molar-refractivity contribution in [1.29, 1.82) is 0 Å². The van der Waals surface area contributed by atoms with Gasteiger partial charge in [-0.1, -0.05) is 62.1 Å². The van der Waals surface area contributed by atoms with Gasteiger partial charge in [0.25, 0.3) is 0 Å². The Balaban J connectivity index is 1.49. The molecule has 1 unspecified atom stereocenters. The van der Waals surface area contributed by atoms with E-state index in [1.807, 2.05) is 30.5 Å². The van der Waals surface area contributed by atoms with Gasteiger partial charge in [-0.05, 0) is 64.4 Å². The molecule has 1 atom stereocenters. The third kappa shape index (κ3) is 3.33. The number of pyridine rings is 2. The second-order valence-electron chi connectivity index (χ2n) is 7.49. The molecule has 0 fully saturated rings. The molecule has 0 N–H and O–H groups in total. The van der Waals surface area contributed by atoms with Crippen molar-refractivity contribution in [1.82, 2.24) is 9.97 Å². The number of ether oxygens (including phenoxy) is 1. The van der Waals surface area contributed by atoms with Crippen LogP contribution in [0.5, 0.6) is 11.6 Å². The fourth-order valence-corrected chi connectivity index (χ4v) is 6.65. The van der Waals surface area contributed by atoms with Crippen molar-refractivity contribution in [3.05, 3.63) is 115 Å². The van der Waals surface area contributed by atoms with Crippen LogP contribution in [0.15, 0.2) is 115 Å². The van der Waals surface area contributed by atoms with E-state index in [9.17, 15) is 0 Å². The molecule has 0 radical (unpaired) electrons. The van der Waals surface area contributed by atoms with Gasteiger partial charge in [0.1, 0.15) is 5.75 Å². The number of hydrogen-bond donors (Lipinski definition) is 0. The Kier molecular flexibility index (Phi) is 4.40.